The highest BCUT2D eigenvalue weighted by Gasteiger charge is 2.64. The van der Waals surface area contributed by atoms with Crippen LogP contribution in [0.2, 0.25) is 5.02 Å². The molecule has 3 fully saturated rings. The molecular formula is C30H24BrClN2O5. The van der Waals surface area contributed by atoms with E-state index in [2.05, 4.69) is 33.4 Å². The second-order valence-electron chi connectivity index (χ2n) is 10.3. The lowest BCUT2D eigenvalue weighted by molar-refractivity contribution is -0.123. The minimum absolute atomic E-state index is 0.150. The summed E-state index contributed by atoms with van der Waals surface area (Å²) in [5.74, 6) is -1.45. The van der Waals surface area contributed by atoms with Crippen molar-refractivity contribution in [2.24, 2.45) is 23.7 Å². The number of hydrogen-bond acceptors (Lipinski definition) is 5. The van der Waals surface area contributed by atoms with Crippen molar-refractivity contribution in [3.05, 3.63) is 93.4 Å². The second-order valence-corrected chi connectivity index (χ2v) is 11.6. The van der Waals surface area contributed by atoms with Crippen molar-refractivity contribution < 1.29 is 23.9 Å². The first-order chi connectivity index (χ1) is 18.8. The third-order valence-electron chi connectivity index (χ3n) is 8.14. The summed E-state index contributed by atoms with van der Waals surface area (Å²) in [6.07, 6.45) is 1.84. The van der Waals surface area contributed by atoms with Crippen LogP contribution in [0.1, 0.15) is 34.7 Å². The second kappa shape index (κ2) is 10.2. The number of rotatable bonds is 6. The fourth-order valence-corrected chi connectivity index (χ4v) is 7.26. The number of carbonyl (C=O) groups excluding carboxylic acids is 4. The van der Waals surface area contributed by atoms with Crippen LogP contribution in [0.5, 0.6) is 0 Å². The van der Waals surface area contributed by atoms with Gasteiger partial charge in [0.2, 0.25) is 11.8 Å². The molecule has 1 aliphatic heterocycles. The normalized spacial score (nSPS) is 25.1. The maximum absolute atomic E-state index is 13.5. The van der Waals surface area contributed by atoms with Gasteiger partial charge in [0.25, 0.3) is 5.91 Å². The molecule has 1 saturated heterocycles. The molecule has 0 unspecified atom stereocenters. The van der Waals surface area contributed by atoms with E-state index in [9.17, 15) is 19.2 Å². The molecule has 2 bridgehead atoms. The molecule has 1 N–H and O–H groups in total. The zero-order valence-electron chi connectivity index (χ0n) is 20.7. The summed E-state index contributed by atoms with van der Waals surface area (Å²) in [4.78, 5) is 52.9. The molecule has 9 heteroatoms. The van der Waals surface area contributed by atoms with Gasteiger partial charge in [0, 0.05) is 4.47 Å². The number of carbonyl (C=O) groups is 4. The molecule has 3 aromatic rings. The van der Waals surface area contributed by atoms with Crippen LogP contribution in [-0.4, -0.2) is 30.3 Å². The molecule has 39 heavy (non-hydrogen) atoms. The molecule has 3 aliphatic rings. The number of ether oxygens (including phenoxy) is 1. The van der Waals surface area contributed by atoms with E-state index in [4.69, 9.17) is 16.3 Å². The smallest absolute Gasteiger partial charge is 0.338 e. The van der Waals surface area contributed by atoms with Crippen LogP contribution in [0.25, 0.3) is 0 Å². The van der Waals surface area contributed by atoms with E-state index in [0.717, 1.165) is 17.3 Å². The average molecular weight is 608 g/mol. The molecule has 2 aliphatic carbocycles. The quantitative estimate of drug-likeness (QED) is 0.281. The first kappa shape index (κ1) is 25.8. The topological polar surface area (TPSA) is 92.8 Å². The van der Waals surface area contributed by atoms with Crippen LogP contribution in [0.15, 0.2) is 77.3 Å². The number of hydrogen-bond donors (Lipinski definition) is 1. The van der Waals surface area contributed by atoms with Crippen LogP contribution >= 0.6 is 27.5 Å². The summed E-state index contributed by atoms with van der Waals surface area (Å²) in [6, 6.07) is 21.4. The van der Waals surface area contributed by atoms with Gasteiger partial charge in [0.15, 0.2) is 6.61 Å². The van der Waals surface area contributed by atoms with Gasteiger partial charge in [-0.25, -0.2) is 4.79 Å². The lowest BCUT2D eigenvalue weighted by atomic mass is 9.73. The van der Waals surface area contributed by atoms with E-state index >= 15 is 0 Å². The lowest BCUT2D eigenvalue weighted by Crippen LogP contribution is -2.33. The zero-order chi connectivity index (χ0) is 27.3. The van der Waals surface area contributed by atoms with Gasteiger partial charge in [-0.05, 0) is 78.6 Å². The van der Waals surface area contributed by atoms with E-state index in [1.807, 2.05) is 18.2 Å². The molecule has 2 saturated carbocycles. The number of imide groups is 1. The number of fused-ring (bicyclic) bond motifs is 5. The predicted octanol–water partition coefficient (Wildman–Crippen LogP) is 5.83. The van der Waals surface area contributed by atoms with Gasteiger partial charge >= 0.3 is 5.97 Å². The highest BCUT2D eigenvalue weighted by Crippen LogP contribution is 2.61. The number of halogens is 2. The molecule has 5 atom stereocenters. The number of nitrogens with one attached hydrogen (secondary N) is 1. The van der Waals surface area contributed by atoms with E-state index in [0.29, 0.717) is 22.3 Å². The summed E-state index contributed by atoms with van der Waals surface area (Å²) in [7, 11) is 0. The van der Waals surface area contributed by atoms with Crippen molar-refractivity contribution >= 4 is 62.6 Å². The SMILES string of the molecule is O=C(COC(=O)c1ccc(N2C(=O)[C@@H]3[C@@H]4C[C@@H]([C@H]3C2=O)[C@@H](c2ccccc2)C4)cc1)Nc1ccc(Br)cc1Cl. The first-order valence-electron chi connectivity index (χ1n) is 12.8. The minimum Gasteiger partial charge on any atom is -0.452 e. The van der Waals surface area contributed by atoms with Gasteiger partial charge in [-0.3, -0.25) is 19.3 Å². The van der Waals surface area contributed by atoms with E-state index in [1.54, 1.807) is 30.3 Å². The van der Waals surface area contributed by atoms with Crippen molar-refractivity contribution in [2.75, 3.05) is 16.8 Å². The van der Waals surface area contributed by atoms with Crippen LogP contribution in [0.4, 0.5) is 11.4 Å². The average Bonchev–Trinajstić information content (AvgIpc) is 3.61. The third kappa shape index (κ3) is 4.66. The van der Waals surface area contributed by atoms with E-state index in [1.165, 1.54) is 22.6 Å². The maximum atomic E-state index is 13.5. The molecule has 198 valence electrons. The zero-order valence-corrected chi connectivity index (χ0v) is 23.0. The summed E-state index contributed by atoms with van der Waals surface area (Å²) >= 11 is 9.40. The first-order valence-corrected chi connectivity index (χ1v) is 13.9. The Kier molecular flexibility index (Phi) is 6.77. The molecule has 6 rings (SSSR count). The Morgan fingerprint density at radius 1 is 0.949 bits per heavy atom. The van der Waals surface area contributed by atoms with Gasteiger partial charge in [-0.2, -0.15) is 0 Å². The van der Waals surface area contributed by atoms with Gasteiger partial charge in [-0.15, -0.1) is 0 Å². The Morgan fingerprint density at radius 2 is 1.67 bits per heavy atom. The molecule has 0 spiro atoms. The molecule has 3 aromatic carbocycles. The highest BCUT2D eigenvalue weighted by molar-refractivity contribution is 9.10. The van der Waals surface area contributed by atoms with Crippen molar-refractivity contribution in [3.8, 4) is 0 Å². The Bertz CT molecular complexity index is 1480. The van der Waals surface area contributed by atoms with Crippen LogP contribution in [0, 0.1) is 23.7 Å². The molecule has 3 amide bonds. The minimum atomic E-state index is -0.696. The molecule has 1 heterocycles. The van der Waals surface area contributed by atoms with Crippen molar-refractivity contribution in [3.63, 3.8) is 0 Å². The fourth-order valence-electron chi connectivity index (χ4n) is 6.54. The Labute approximate surface area is 238 Å². The predicted molar refractivity (Wildman–Crippen MR) is 149 cm³/mol. The number of amides is 3. The van der Waals surface area contributed by atoms with Gasteiger partial charge in [0.1, 0.15) is 0 Å². The maximum Gasteiger partial charge on any atom is 0.338 e. The Morgan fingerprint density at radius 3 is 2.38 bits per heavy atom. The van der Waals surface area contributed by atoms with Gasteiger partial charge in [-0.1, -0.05) is 57.9 Å². The molecular weight excluding hydrogens is 584 g/mol. The summed E-state index contributed by atoms with van der Waals surface area (Å²) in [5, 5.41) is 2.94. The van der Waals surface area contributed by atoms with Crippen molar-refractivity contribution in [2.45, 2.75) is 18.8 Å². The molecule has 0 aromatic heterocycles. The number of nitrogens with zero attached hydrogens (tertiary/aromatic N) is 1. The Balaban J connectivity index is 1.10. The van der Waals surface area contributed by atoms with Crippen LogP contribution in [-0.2, 0) is 19.1 Å². The number of esters is 1. The highest BCUT2D eigenvalue weighted by atomic mass is 79.9. The van der Waals surface area contributed by atoms with Gasteiger partial charge < -0.3 is 10.1 Å². The largest absolute Gasteiger partial charge is 0.452 e. The number of benzene rings is 3. The van der Waals surface area contributed by atoms with Gasteiger partial charge in [0.05, 0.1) is 33.8 Å². The summed E-state index contributed by atoms with van der Waals surface area (Å²) in [6.45, 7) is -0.495. The van der Waals surface area contributed by atoms with Crippen molar-refractivity contribution in [1.82, 2.24) is 0 Å². The standard InChI is InChI=1S/C30H24BrClN2O5/c31-19-8-11-24(23(32)14-19)33-25(35)15-39-30(38)17-6-9-20(10-7-17)34-28(36)26-18-12-21(16-4-2-1-3-5-16)22(13-18)27(26)29(34)37/h1-11,14,18,21-22,26-27H,12-13,15H2,(H,33,35)/t18-,21+,22+,26+,27+/m0/s1. The third-order valence-corrected chi connectivity index (χ3v) is 8.95. The summed E-state index contributed by atoms with van der Waals surface area (Å²) < 4.78 is 5.90. The summed E-state index contributed by atoms with van der Waals surface area (Å²) in [5.41, 5.74) is 2.28. The van der Waals surface area contributed by atoms with Crippen LogP contribution < -0.4 is 10.2 Å². The van der Waals surface area contributed by atoms with Crippen molar-refractivity contribution in [1.29, 1.82) is 0 Å². The lowest BCUT2D eigenvalue weighted by Gasteiger charge is -2.28. The van der Waals surface area contributed by atoms with E-state index < -0.39 is 18.5 Å². The van der Waals surface area contributed by atoms with E-state index in [-0.39, 0.29) is 41.0 Å². The van der Waals surface area contributed by atoms with Crippen LogP contribution in [0.3, 0.4) is 0 Å². The fraction of sp³-hybridized carbons (Fsp3) is 0.267. The monoisotopic (exact) mass is 606 g/mol. The molecule has 0 radical (unpaired) electrons. The number of anilines is 2. The molecule has 7 nitrogen and oxygen atoms in total. The Hall–Kier alpha value is -3.49.